The molecule has 1 saturated heterocycles. The monoisotopic (exact) mass is 373 g/mol. The average Bonchev–Trinajstić information content (AvgIpc) is 2.99. The number of rotatable bonds is 3. The summed E-state index contributed by atoms with van der Waals surface area (Å²) >= 11 is 4.81. The topological polar surface area (TPSA) is 94.1 Å². The van der Waals surface area contributed by atoms with Crippen LogP contribution in [0.4, 0.5) is 5.69 Å². The summed E-state index contributed by atoms with van der Waals surface area (Å²) in [5, 5.41) is 10.4. The summed E-state index contributed by atoms with van der Waals surface area (Å²) < 4.78 is 0. The molecule has 2 aliphatic rings. The molecule has 2 N–H and O–H groups in total. The number of nitrogens with one attached hydrogen (secondary N) is 2. The van der Waals surface area contributed by atoms with Gasteiger partial charge in [0.25, 0.3) is 0 Å². The quantitative estimate of drug-likeness (QED) is 0.596. The van der Waals surface area contributed by atoms with Crippen molar-refractivity contribution in [1.82, 2.24) is 15.6 Å². The van der Waals surface area contributed by atoms with Gasteiger partial charge in [-0.1, -0.05) is 12.1 Å². The highest BCUT2D eigenvalue weighted by molar-refractivity contribution is 7.80. The van der Waals surface area contributed by atoms with Gasteiger partial charge in [-0.3, -0.25) is 14.4 Å². The number of nitrogens with zero attached hydrogens (tertiary/aromatic N) is 3. The van der Waals surface area contributed by atoms with E-state index >= 15 is 0 Å². The molecule has 136 valence electrons. The number of hydrogen-bond acceptors (Lipinski definition) is 6. The minimum absolute atomic E-state index is 0.0194. The molecule has 0 saturated carbocycles. The summed E-state index contributed by atoms with van der Waals surface area (Å²) in [5.74, 6) is -2.39. The zero-order chi connectivity index (χ0) is 19.0. The molecule has 1 aromatic carbocycles. The minimum atomic E-state index is -1.09. The fraction of sp³-hybridized carbons (Fsp3) is 0.353. The first kappa shape index (κ1) is 18.0. The predicted octanol–water partition coefficient (Wildman–Crippen LogP) is 0.549. The van der Waals surface area contributed by atoms with Crippen LogP contribution in [0.25, 0.3) is 0 Å². The Morgan fingerprint density at radius 2 is 1.77 bits per heavy atom. The molecule has 0 aromatic heterocycles. The molecule has 1 atom stereocenters. The van der Waals surface area contributed by atoms with Crippen molar-refractivity contribution >= 4 is 46.5 Å². The number of thiocarbonyl (C=S) groups is 1. The number of hydrogen-bond donors (Lipinski definition) is 2. The van der Waals surface area contributed by atoms with E-state index in [1.165, 1.54) is 11.9 Å². The Labute approximate surface area is 156 Å². The molecule has 0 aliphatic carbocycles. The van der Waals surface area contributed by atoms with Crippen molar-refractivity contribution in [3.63, 3.8) is 0 Å². The number of hydrazone groups is 1. The van der Waals surface area contributed by atoms with E-state index in [2.05, 4.69) is 15.7 Å². The summed E-state index contributed by atoms with van der Waals surface area (Å²) in [6.07, 6.45) is 0.305. The van der Waals surface area contributed by atoms with Crippen molar-refractivity contribution in [2.45, 2.75) is 19.4 Å². The molecule has 8 nitrogen and oxygen atoms in total. The van der Waals surface area contributed by atoms with Gasteiger partial charge in [-0.05, 0) is 29.9 Å². The van der Waals surface area contributed by atoms with E-state index in [1.54, 1.807) is 0 Å². The molecule has 9 heteroatoms. The number of amides is 3. The highest BCUT2D eigenvalue weighted by atomic mass is 32.1. The second-order valence-electron chi connectivity index (χ2n) is 6.40. The molecule has 3 amide bonds. The lowest BCUT2D eigenvalue weighted by Gasteiger charge is -2.22. The smallest absolute Gasteiger partial charge is 0.244 e. The summed E-state index contributed by atoms with van der Waals surface area (Å²) in [4.78, 5) is 38.4. The van der Waals surface area contributed by atoms with Crippen LogP contribution in [0.15, 0.2) is 29.4 Å². The zero-order valence-electron chi connectivity index (χ0n) is 14.6. The Morgan fingerprint density at radius 3 is 2.27 bits per heavy atom. The van der Waals surface area contributed by atoms with Gasteiger partial charge in [-0.2, -0.15) is 5.10 Å². The largest absolute Gasteiger partial charge is 0.378 e. The lowest BCUT2D eigenvalue weighted by atomic mass is 9.92. The standard InChI is InChI=1S/C17H19N5O3S/c1-9(23)22-13(10-4-6-11(7-5-10)21(2)3)8-12(20-22)14-15(24)18-17(26)19-16(14)25/h4-7,13-14H,8H2,1-3H3,(H2,18,19,24,25,26). The van der Waals surface area contributed by atoms with Gasteiger partial charge in [-0.15, -0.1) is 0 Å². The molecule has 1 aromatic rings. The van der Waals surface area contributed by atoms with Gasteiger partial charge in [0.15, 0.2) is 11.0 Å². The van der Waals surface area contributed by atoms with E-state index in [-0.39, 0.29) is 17.1 Å². The van der Waals surface area contributed by atoms with Crippen LogP contribution >= 0.6 is 12.2 Å². The third kappa shape index (κ3) is 3.30. The van der Waals surface area contributed by atoms with E-state index in [9.17, 15) is 14.4 Å². The highest BCUT2D eigenvalue weighted by Gasteiger charge is 2.42. The zero-order valence-corrected chi connectivity index (χ0v) is 15.5. The van der Waals surface area contributed by atoms with E-state index in [0.717, 1.165) is 11.3 Å². The molecule has 3 rings (SSSR count). The van der Waals surface area contributed by atoms with Crippen LogP contribution in [-0.2, 0) is 14.4 Å². The summed E-state index contributed by atoms with van der Waals surface area (Å²) in [6, 6.07) is 7.39. The average molecular weight is 373 g/mol. The molecule has 26 heavy (non-hydrogen) atoms. The first-order valence-corrected chi connectivity index (χ1v) is 8.49. The summed E-state index contributed by atoms with van der Waals surface area (Å²) in [6.45, 7) is 1.41. The van der Waals surface area contributed by atoms with Gasteiger partial charge < -0.3 is 15.5 Å². The molecule has 0 bridgehead atoms. The number of anilines is 1. The van der Waals surface area contributed by atoms with Crippen LogP contribution in [0.5, 0.6) is 0 Å². The number of carbonyl (C=O) groups is 3. The molecule has 1 unspecified atom stereocenters. The van der Waals surface area contributed by atoms with Crippen molar-refractivity contribution in [3.8, 4) is 0 Å². The predicted molar refractivity (Wildman–Crippen MR) is 100 cm³/mol. The molecule has 1 fully saturated rings. The van der Waals surface area contributed by atoms with Crippen LogP contribution in [0.2, 0.25) is 0 Å². The van der Waals surface area contributed by atoms with E-state index in [0.29, 0.717) is 12.1 Å². The molecule has 0 radical (unpaired) electrons. The first-order chi connectivity index (χ1) is 12.3. The maximum Gasteiger partial charge on any atom is 0.244 e. The maximum atomic E-state index is 12.2. The van der Waals surface area contributed by atoms with Crippen molar-refractivity contribution in [2.75, 3.05) is 19.0 Å². The van der Waals surface area contributed by atoms with Gasteiger partial charge in [0.1, 0.15) is 0 Å². The fourth-order valence-corrected chi connectivity index (χ4v) is 3.27. The lowest BCUT2D eigenvalue weighted by molar-refractivity contribution is -0.133. The van der Waals surface area contributed by atoms with Crippen LogP contribution in [0.3, 0.4) is 0 Å². The molecule has 2 aliphatic heterocycles. The van der Waals surface area contributed by atoms with Crippen LogP contribution in [-0.4, -0.2) is 47.6 Å². The Balaban J connectivity index is 1.88. The summed E-state index contributed by atoms with van der Waals surface area (Å²) in [5.41, 5.74) is 2.26. The minimum Gasteiger partial charge on any atom is -0.378 e. The third-order valence-electron chi connectivity index (χ3n) is 4.38. The van der Waals surface area contributed by atoms with Crippen LogP contribution in [0.1, 0.15) is 24.9 Å². The Bertz CT molecular complexity index is 798. The van der Waals surface area contributed by atoms with Gasteiger partial charge in [0.2, 0.25) is 17.7 Å². The van der Waals surface area contributed by atoms with E-state index in [1.807, 2.05) is 43.3 Å². The molecular formula is C17H19N5O3S. The fourth-order valence-electron chi connectivity index (χ4n) is 3.07. The Hall–Kier alpha value is -2.81. The Morgan fingerprint density at radius 1 is 1.19 bits per heavy atom. The van der Waals surface area contributed by atoms with Crippen LogP contribution < -0.4 is 15.5 Å². The SMILES string of the molecule is CC(=O)N1N=C(C2C(=O)NC(=S)NC2=O)CC1c1ccc(N(C)C)cc1. The van der Waals surface area contributed by atoms with Crippen molar-refractivity contribution in [1.29, 1.82) is 0 Å². The highest BCUT2D eigenvalue weighted by Crippen LogP contribution is 2.34. The second kappa shape index (κ2) is 6.83. The number of benzene rings is 1. The number of carbonyl (C=O) groups excluding carboxylic acids is 3. The third-order valence-corrected chi connectivity index (χ3v) is 4.59. The van der Waals surface area contributed by atoms with E-state index in [4.69, 9.17) is 12.2 Å². The second-order valence-corrected chi connectivity index (χ2v) is 6.81. The lowest BCUT2D eigenvalue weighted by Crippen LogP contribution is -2.57. The molecular weight excluding hydrogens is 354 g/mol. The van der Waals surface area contributed by atoms with Crippen molar-refractivity contribution < 1.29 is 14.4 Å². The van der Waals surface area contributed by atoms with Crippen molar-refractivity contribution in [2.24, 2.45) is 11.0 Å². The van der Waals surface area contributed by atoms with Gasteiger partial charge in [0, 0.05) is 33.1 Å². The van der Waals surface area contributed by atoms with Crippen molar-refractivity contribution in [3.05, 3.63) is 29.8 Å². The van der Waals surface area contributed by atoms with Crippen LogP contribution in [0, 0.1) is 5.92 Å². The van der Waals surface area contributed by atoms with Gasteiger partial charge >= 0.3 is 0 Å². The van der Waals surface area contributed by atoms with Gasteiger partial charge in [-0.25, -0.2) is 5.01 Å². The molecule has 0 spiro atoms. The maximum absolute atomic E-state index is 12.2. The van der Waals surface area contributed by atoms with E-state index < -0.39 is 17.7 Å². The normalized spacial score (nSPS) is 20.6. The Kier molecular flexibility index (Phi) is 4.73. The van der Waals surface area contributed by atoms with Gasteiger partial charge in [0.05, 0.1) is 11.8 Å². The summed E-state index contributed by atoms with van der Waals surface area (Å²) in [7, 11) is 3.89. The first-order valence-electron chi connectivity index (χ1n) is 8.08. The molecule has 2 heterocycles.